The summed E-state index contributed by atoms with van der Waals surface area (Å²) >= 11 is 0. The summed E-state index contributed by atoms with van der Waals surface area (Å²) in [4.78, 5) is 0. The molecule has 8 aromatic rings. The molecular formula is C39H22N2. The van der Waals surface area contributed by atoms with E-state index < -0.39 is 0 Å². The van der Waals surface area contributed by atoms with Crippen molar-refractivity contribution in [2.75, 3.05) is 0 Å². The fourth-order valence-corrected chi connectivity index (χ4v) is 6.84. The van der Waals surface area contributed by atoms with E-state index in [4.69, 9.17) is 0 Å². The maximum Gasteiger partial charge on any atom is 0.0991 e. The molecule has 0 fully saturated rings. The maximum atomic E-state index is 9.34. The molecule has 0 bridgehead atoms. The highest BCUT2D eigenvalue weighted by atomic mass is 15.0. The second kappa shape index (κ2) is 8.18. The molecule has 41 heavy (non-hydrogen) atoms. The van der Waals surface area contributed by atoms with Crippen molar-refractivity contribution < 1.29 is 0 Å². The Hall–Kier alpha value is -5.65. The number of hydrogen-bond acceptors (Lipinski definition) is 1. The fraction of sp³-hybridized carbons (Fsp3) is 0. The van der Waals surface area contributed by atoms with E-state index in [1.807, 2.05) is 12.1 Å². The van der Waals surface area contributed by atoms with E-state index in [1.54, 1.807) is 0 Å². The van der Waals surface area contributed by atoms with E-state index in [0.29, 0.717) is 5.56 Å². The van der Waals surface area contributed by atoms with Crippen LogP contribution in [-0.4, -0.2) is 4.57 Å². The summed E-state index contributed by atoms with van der Waals surface area (Å²) in [5.74, 6) is 0. The van der Waals surface area contributed by atoms with Crippen LogP contribution < -0.4 is 0 Å². The number of rotatable bonds is 2. The highest BCUT2D eigenvalue weighted by Crippen LogP contribution is 2.51. The Bertz CT molecular complexity index is 2360. The monoisotopic (exact) mass is 518 g/mol. The van der Waals surface area contributed by atoms with Gasteiger partial charge in [-0.05, 0) is 116 Å². The van der Waals surface area contributed by atoms with Crippen molar-refractivity contribution in [3.63, 3.8) is 0 Å². The Labute approximate surface area is 237 Å². The average Bonchev–Trinajstić information content (AvgIpc) is 3.53. The Morgan fingerprint density at radius 2 is 1.05 bits per heavy atom. The third-order valence-electron chi connectivity index (χ3n) is 8.69. The summed E-state index contributed by atoms with van der Waals surface area (Å²) in [5.41, 5.74) is 11.6. The molecule has 0 amide bonds. The SMILES string of the molecule is N#Cc1ccc(-c2cc3c4c(cc(-n5c6ccccc6c6ccccc65)cc4c2)-c2cc4ccccc4cc2-3)cc1. The Balaban J connectivity index is 1.40. The van der Waals surface area contributed by atoms with E-state index in [0.717, 1.165) is 16.8 Å². The van der Waals surface area contributed by atoms with Crippen LogP contribution in [-0.2, 0) is 0 Å². The lowest BCUT2D eigenvalue weighted by Gasteiger charge is -2.13. The molecule has 1 aliphatic carbocycles. The quantitative estimate of drug-likeness (QED) is 0.224. The normalized spacial score (nSPS) is 11.9. The van der Waals surface area contributed by atoms with Gasteiger partial charge in [0.1, 0.15) is 0 Å². The largest absolute Gasteiger partial charge is 0.309 e. The van der Waals surface area contributed by atoms with Gasteiger partial charge in [-0.3, -0.25) is 0 Å². The van der Waals surface area contributed by atoms with Crippen molar-refractivity contribution in [2.45, 2.75) is 0 Å². The van der Waals surface area contributed by atoms with Crippen LogP contribution in [0, 0.1) is 11.3 Å². The molecule has 9 rings (SSSR count). The number of hydrogen-bond donors (Lipinski definition) is 0. The van der Waals surface area contributed by atoms with Crippen molar-refractivity contribution >= 4 is 43.4 Å². The number of para-hydroxylation sites is 2. The average molecular weight is 519 g/mol. The van der Waals surface area contributed by atoms with Crippen LogP contribution in [0.4, 0.5) is 0 Å². The second-order valence-corrected chi connectivity index (χ2v) is 10.9. The van der Waals surface area contributed by atoms with E-state index in [9.17, 15) is 5.26 Å². The zero-order valence-electron chi connectivity index (χ0n) is 22.1. The summed E-state index contributed by atoms with van der Waals surface area (Å²) < 4.78 is 2.41. The maximum absolute atomic E-state index is 9.34. The third kappa shape index (κ3) is 3.12. The molecule has 1 aromatic heterocycles. The molecule has 0 radical (unpaired) electrons. The first-order valence-electron chi connectivity index (χ1n) is 13.9. The lowest BCUT2D eigenvalue weighted by molar-refractivity contribution is 1.19. The zero-order valence-corrected chi connectivity index (χ0v) is 22.1. The van der Waals surface area contributed by atoms with Crippen molar-refractivity contribution in [3.8, 4) is 45.1 Å². The molecule has 0 atom stereocenters. The van der Waals surface area contributed by atoms with Gasteiger partial charge in [-0.15, -0.1) is 0 Å². The molecule has 0 N–H and O–H groups in total. The van der Waals surface area contributed by atoms with E-state index >= 15 is 0 Å². The molecule has 1 aliphatic rings. The van der Waals surface area contributed by atoms with Gasteiger partial charge in [0, 0.05) is 16.5 Å². The first-order chi connectivity index (χ1) is 20.3. The molecule has 0 unspecified atom stereocenters. The highest BCUT2D eigenvalue weighted by Gasteiger charge is 2.25. The van der Waals surface area contributed by atoms with Crippen LogP contribution >= 0.6 is 0 Å². The van der Waals surface area contributed by atoms with Crippen molar-refractivity contribution in [1.29, 1.82) is 5.26 Å². The molecule has 0 aliphatic heterocycles. The van der Waals surface area contributed by atoms with Gasteiger partial charge in [0.15, 0.2) is 0 Å². The summed E-state index contributed by atoms with van der Waals surface area (Å²) in [6.45, 7) is 0. The number of nitriles is 1. The number of aromatic nitrogens is 1. The van der Waals surface area contributed by atoms with Gasteiger partial charge >= 0.3 is 0 Å². The molecular weight excluding hydrogens is 496 g/mol. The minimum Gasteiger partial charge on any atom is -0.309 e. The highest BCUT2D eigenvalue weighted by molar-refractivity contribution is 6.19. The van der Waals surface area contributed by atoms with E-state index in [1.165, 1.54) is 65.6 Å². The lowest BCUT2D eigenvalue weighted by Crippen LogP contribution is -1.95. The summed E-state index contributed by atoms with van der Waals surface area (Å²) in [6, 6.07) is 50.2. The van der Waals surface area contributed by atoms with Gasteiger partial charge < -0.3 is 4.57 Å². The van der Waals surface area contributed by atoms with Gasteiger partial charge in [-0.1, -0.05) is 72.8 Å². The zero-order chi connectivity index (χ0) is 27.1. The molecule has 2 nitrogen and oxygen atoms in total. The molecule has 7 aromatic carbocycles. The van der Waals surface area contributed by atoms with Crippen LogP contribution in [0.2, 0.25) is 0 Å². The molecule has 0 spiro atoms. The Morgan fingerprint density at radius 3 is 1.68 bits per heavy atom. The van der Waals surface area contributed by atoms with Gasteiger partial charge in [0.05, 0.1) is 22.7 Å². The Morgan fingerprint density at radius 1 is 0.463 bits per heavy atom. The van der Waals surface area contributed by atoms with Crippen molar-refractivity contribution in [1.82, 2.24) is 4.57 Å². The minimum atomic E-state index is 0.673. The van der Waals surface area contributed by atoms with Crippen LogP contribution in [0.5, 0.6) is 0 Å². The second-order valence-electron chi connectivity index (χ2n) is 10.9. The van der Waals surface area contributed by atoms with Gasteiger partial charge in [-0.2, -0.15) is 5.26 Å². The predicted molar refractivity (Wildman–Crippen MR) is 170 cm³/mol. The van der Waals surface area contributed by atoms with Crippen LogP contribution in [0.3, 0.4) is 0 Å². The van der Waals surface area contributed by atoms with Gasteiger partial charge in [-0.25, -0.2) is 0 Å². The summed E-state index contributed by atoms with van der Waals surface area (Å²) in [5, 5.41) is 16.9. The standard InChI is InChI=1S/C39H22N2/c40-23-24-13-15-25(16-14-24)28-17-29-18-30(41-37-11-5-3-9-31(37)32-10-4-6-12-38(32)41)22-36-34-20-27-8-2-1-7-26(27)19-33(34)35(21-28)39(29)36/h1-22H. The summed E-state index contributed by atoms with van der Waals surface area (Å²) in [7, 11) is 0. The molecule has 0 saturated heterocycles. The first kappa shape index (κ1) is 22.2. The number of fused-ring (bicyclic) bond motifs is 7. The van der Waals surface area contributed by atoms with Gasteiger partial charge in [0.2, 0.25) is 0 Å². The third-order valence-corrected chi connectivity index (χ3v) is 8.69. The van der Waals surface area contributed by atoms with Crippen LogP contribution in [0.15, 0.2) is 133 Å². The fourth-order valence-electron chi connectivity index (χ4n) is 6.84. The summed E-state index contributed by atoms with van der Waals surface area (Å²) in [6.07, 6.45) is 0. The number of benzene rings is 7. The molecule has 2 heteroatoms. The van der Waals surface area contributed by atoms with Gasteiger partial charge in [0.25, 0.3) is 0 Å². The van der Waals surface area contributed by atoms with E-state index in [-0.39, 0.29) is 0 Å². The molecule has 1 heterocycles. The molecule has 0 saturated carbocycles. The lowest BCUT2D eigenvalue weighted by atomic mass is 9.95. The van der Waals surface area contributed by atoms with Crippen molar-refractivity contribution in [2.24, 2.45) is 0 Å². The molecule has 188 valence electrons. The topological polar surface area (TPSA) is 28.7 Å². The van der Waals surface area contributed by atoms with E-state index in [2.05, 4.69) is 132 Å². The van der Waals surface area contributed by atoms with Crippen molar-refractivity contribution in [3.05, 3.63) is 139 Å². The Kier molecular flexibility index (Phi) is 4.43. The van der Waals surface area contributed by atoms with Crippen LogP contribution in [0.25, 0.3) is 82.4 Å². The number of nitrogens with zero attached hydrogens (tertiary/aromatic N) is 2. The van der Waals surface area contributed by atoms with Crippen LogP contribution in [0.1, 0.15) is 5.56 Å². The predicted octanol–water partition coefficient (Wildman–Crippen LogP) is 10.3. The smallest absolute Gasteiger partial charge is 0.0991 e. The first-order valence-corrected chi connectivity index (χ1v) is 13.9. The minimum absolute atomic E-state index is 0.673.